The first-order valence-corrected chi connectivity index (χ1v) is 7.81. The molecule has 2 heterocycles. The Morgan fingerprint density at radius 1 is 1.30 bits per heavy atom. The summed E-state index contributed by atoms with van der Waals surface area (Å²) in [5.41, 5.74) is 4.27. The number of thiazole rings is 1. The van der Waals surface area contributed by atoms with Crippen molar-refractivity contribution in [2.24, 2.45) is 0 Å². The highest BCUT2D eigenvalue weighted by molar-refractivity contribution is 7.15. The number of anilines is 1. The maximum atomic E-state index is 6.17. The molecule has 3 nitrogen and oxygen atoms in total. The summed E-state index contributed by atoms with van der Waals surface area (Å²) < 4.78 is 2.18. The number of halogens is 2. The maximum absolute atomic E-state index is 6.17. The number of imidazole rings is 1. The van der Waals surface area contributed by atoms with Gasteiger partial charge in [-0.3, -0.25) is 4.40 Å². The second kappa shape index (κ2) is 5.28. The molecular weight excluding hydrogens is 313 g/mol. The van der Waals surface area contributed by atoms with Gasteiger partial charge in [0.2, 0.25) is 0 Å². The average Bonchev–Trinajstić information content (AvgIpc) is 2.89. The van der Waals surface area contributed by atoms with E-state index >= 15 is 0 Å². The summed E-state index contributed by atoms with van der Waals surface area (Å²) in [6, 6.07) is 5.45. The van der Waals surface area contributed by atoms with Crippen LogP contribution in [0.5, 0.6) is 0 Å². The molecular formula is C14H13Cl2N3S. The van der Waals surface area contributed by atoms with Crippen LogP contribution in [0, 0.1) is 13.8 Å². The van der Waals surface area contributed by atoms with Crippen molar-refractivity contribution in [2.45, 2.75) is 20.4 Å². The van der Waals surface area contributed by atoms with Crippen LogP contribution in [0.1, 0.15) is 17.1 Å². The van der Waals surface area contributed by atoms with Gasteiger partial charge in [0.15, 0.2) is 4.96 Å². The standard InChI is InChI=1S/C14H13Cl2N3S/c1-8-7-20-14-18-9(2)13(19(8)14)6-17-12-4-3-10(15)5-11(12)16/h3-5,7,17H,6H2,1-2H3. The van der Waals surface area contributed by atoms with Crippen LogP contribution < -0.4 is 5.32 Å². The molecule has 20 heavy (non-hydrogen) atoms. The number of rotatable bonds is 3. The van der Waals surface area contributed by atoms with E-state index in [9.17, 15) is 0 Å². The van der Waals surface area contributed by atoms with Crippen LogP contribution in [0.15, 0.2) is 23.6 Å². The van der Waals surface area contributed by atoms with Crippen molar-refractivity contribution >= 4 is 45.2 Å². The van der Waals surface area contributed by atoms with Crippen LogP contribution in [-0.4, -0.2) is 9.38 Å². The number of aromatic nitrogens is 2. The molecule has 0 fully saturated rings. The molecule has 0 aliphatic rings. The third-order valence-electron chi connectivity index (χ3n) is 3.21. The minimum atomic E-state index is 0.623. The van der Waals surface area contributed by atoms with Gasteiger partial charge in [-0.05, 0) is 32.0 Å². The normalized spacial score (nSPS) is 11.2. The fourth-order valence-electron chi connectivity index (χ4n) is 2.19. The molecule has 0 unspecified atom stereocenters. The molecule has 0 aliphatic heterocycles. The van der Waals surface area contributed by atoms with E-state index in [1.54, 1.807) is 17.4 Å². The topological polar surface area (TPSA) is 29.3 Å². The summed E-state index contributed by atoms with van der Waals surface area (Å²) in [5, 5.41) is 6.72. The molecule has 1 aromatic carbocycles. The Bertz CT molecular complexity index is 776. The van der Waals surface area contributed by atoms with Crippen molar-refractivity contribution in [3.63, 3.8) is 0 Å². The highest BCUT2D eigenvalue weighted by Crippen LogP contribution is 2.27. The monoisotopic (exact) mass is 325 g/mol. The minimum Gasteiger partial charge on any atom is -0.378 e. The molecule has 3 rings (SSSR count). The first-order chi connectivity index (χ1) is 9.56. The summed E-state index contributed by atoms with van der Waals surface area (Å²) in [6.07, 6.45) is 0. The summed E-state index contributed by atoms with van der Waals surface area (Å²) in [7, 11) is 0. The third-order valence-corrected chi connectivity index (χ3v) is 4.70. The molecule has 0 aliphatic carbocycles. The lowest BCUT2D eigenvalue weighted by Crippen LogP contribution is -2.05. The Balaban J connectivity index is 1.90. The van der Waals surface area contributed by atoms with E-state index in [1.165, 1.54) is 5.69 Å². The van der Waals surface area contributed by atoms with Gasteiger partial charge in [-0.15, -0.1) is 11.3 Å². The number of benzene rings is 1. The first kappa shape index (κ1) is 13.7. The predicted molar refractivity (Wildman–Crippen MR) is 86.3 cm³/mol. The molecule has 0 saturated heterocycles. The zero-order chi connectivity index (χ0) is 14.3. The summed E-state index contributed by atoms with van der Waals surface area (Å²) in [6.45, 7) is 4.79. The SMILES string of the molecule is Cc1nc2scc(C)n2c1CNc1ccc(Cl)cc1Cl. The third kappa shape index (κ3) is 2.39. The molecule has 6 heteroatoms. The molecule has 0 spiro atoms. The number of nitrogens with zero attached hydrogens (tertiary/aromatic N) is 2. The van der Waals surface area contributed by atoms with Crippen LogP contribution in [0.25, 0.3) is 4.96 Å². The van der Waals surface area contributed by atoms with Gasteiger partial charge < -0.3 is 5.32 Å². The fraction of sp³-hybridized carbons (Fsp3) is 0.214. The molecule has 0 amide bonds. The lowest BCUT2D eigenvalue weighted by molar-refractivity contribution is 0.966. The van der Waals surface area contributed by atoms with Crippen LogP contribution in [0.4, 0.5) is 5.69 Å². The Morgan fingerprint density at radius 3 is 2.85 bits per heavy atom. The molecule has 1 N–H and O–H groups in total. The Hall–Kier alpha value is -1.23. The van der Waals surface area contributed by atoms with Crippen molar-refractivity contribution in [2.75, 3.05) is 5.32 Å². The van der Waals surface area contributed by atoms with Gasteiger partial charge >= 0.3 is 0 Å². The van der Waals surface area contributed by atoms with Gasteiger partial charge in [0.05, 0.1) is 28.6 Å². The Labute approximate surface area is 131 Å². The lowest BCUT2D eigenvalue weighted by atomic mass is 10.3. The number of nitrogens with one attached hydrogen (secondary N) is 1. The van der Waals surface area contributed by atoms with E-state index < -0.39 is 0 Å². The second-order valence-corrected chi connectivity index (χ2v) is 6.30. The molecule has 2 aromatic heterocycles. The van der Waals surface area contributed by atoms with Gasteiger partial charge in [0.1, 0.15) is 0 Å². The number of hydrogen-bond acceptors (Lipinski definition) is 3. The molecule has 3 aromatic rings. The first-order valence-electron chi connectivity index (χ1n) is 6.17. The van der Waals surface area contributed by atoms with E-state index in [0.29, 0.717) is 16.6 Å². The summed E-state index contributed by atoms with van der Waals surface area (Å²) in [4.78, 5) is 5.60. The van der Waals surface area contributed by atoms with Gasteiger partial charge in [-0.1, -0.05) is 23.2 Å². The van der Waals surface area contributed by atoms with Crippen molar-refractivity contribution in [1.82, 2.24) is 9.38 Å². The minimum absolute atomic E-state index is 0.623. The highest BCUT2D eigenvalue weighted by Gasteiger charge is 2.12. The summed E-state index contributed by atoms with van der Waals surface area (Å²) >= 11 is 13.7. The van der Waals surface area contributed by atoms with Crippen LogP contribution in [0.2, 0.25) is 10.0 Å². The number of fused-ring (bicyclic) bond motifs is 1. The van der Waals surface area contributed by atoms with Crippen LogP contribution in [-0.2, 0) is 6.54 Å². The van der Waals surface area contributed by atoms with Gasteiger partial charge in [0, 0.05) is 16.1 Å². The van der Waals surface area contributed by atoms with Gasteiger partial charge in [-0.2, -0.15) is 0 Å². The second-order valence-electron chi connectivity index (χ2n) is 4.62. The van der Waals surface area contributed by atoms with E-state index in [0.717, 1.165) is 22.0 Å². The van der Waals surface area contributed by atoms with Crippen LogP contribution >= 0.6 is 34.5 Å². The Kier molecular flexibility index (Phi) is 3.63. The van der Waals surface area contributed by atoms with Crippen molar-refractivity contribution in [1.29, 1.82) is 0 Å². The number of hydrogen-bond donors (Lipinski definition) is 1. The zero-order valence-corrected chi connectivity index (χ0v) is 13.4. The lowest BCUT2D eigenvalue weighted by Gasteiger charge is -2.09. The molecule has 0 saturated carbocycles. The molecule has 0 bridgehead atoms. The Morgan fingerprint density at radius 2 is 2.10 bits per heavy atom. The fourth-order valence-corrected chi connectivity index (χ4v) is 3.59. The van der Waals surface area contributed by atoms with Crippen molar-refractivity contribution < 1.29 is 0 Å². The number of aryl methyl sites for hydroxylation is 2. The highest BCUT2D eigenvalue weighted by atomic mass is 35.5. The van der Waals surface area contributed by atoms with Gasteiger partial charge in [-0.25, -0.2) is 4.98 Å². The van der Waals surface area contributed by atoms with E-state index in [1.807, 2.05) is 19.1 Å². The smallest absolute Gasteiger partial charge is 0.194 e. The quantitative estimate of drug-likeness (QED) is 0.739. The van der Waals surface area contributed by atoms with Gasteiger partial charge in [0.25, 0.3) is 0 Å². The van der Waals surface area contributed by atoms with E-state index in [-0.39, 0.29) is 0 Å². The van der Waals surface area contributed by atoms with E-state index in [4.69, 9.17) is 23.2 Å². The largest absolute Gasteiger partial charge is 0.378 e. The molecule has 104 valence electrons. The average molecular weight is 326 g/mol. The summed E-state index contributed by atoms with van der Waals surface area (Å²) in [5.74, 6) is 0. The van der Waals surface area contributed by atoms with Crippen molar-refractivity contribution in [3.8, 4) is 0 Å². The van der Waals surface area contributed by atoms with E-state index in [2.05, 4.69) is 27.0 Å². The molecule has 0 radical (unpaired) electrons. The maximum Gasteiger partial charge on any atom is 0.194 e. The predicted octanol–water partition coefficient (Wildman–Crippen LogP) is 4.93. The van der Waals surface area contributed by atoms with Crippen molar-refractivity contribution in [3.05, 3.63) is 50.7 Å². The zero-order valence-electron chi connectivity index (χ0n) is 11.1. The molecule has 0 atom stereocenters. The van der Waals surface area contributed by atoms with Crippen LogP contribution in [0.3, 0.4) is 0 Å².